The molecule has 0 aromatic heterocycles. The van der Waals surface area contributed by atoms with Gasteiger partial charge in [-0.05, 0) is 44.5 Å². The van der Waals surface area contributed by atoms with Crippen LogP contribution in [0.25, 0.3) is 0 Å². The van der Waals surface area contributed by atoms with Crippen LogP contribution in [0.15, 0.2) is 60.2 Å². The second-order valence-corrected chi connectivity index (χ2v) is 7.89. The van der Waals surface area contributed by atoms with Gasteiger partial charge >= 0.3 is 0 Å². The van der Waals surface area contributed by atoms with Gasteiger partial charge in [0, 0.05) is 56.7 Å². The minimum absolute atomic E-state index is 0.694. The Balaban J connectivity index is 1.38. The number of hydrogen-bond donors (Lipinski definition) is 1. The smallest absolute Gasteiger partial charge is 0.162 e. The van der Waals surface area contributed by atoms with Crippen LogP contribution in [0.3, 0.4) is 0 Å². The fourth-order valence-electron chi connectivity index (χ4n) is 3.61. The molecular formula is C25H35N3O2. The summed E-state index contributed by atoms with van der Waals surface area (Å²) in [5, 5.41) is 3.38. The quantitative estimate of drug-likeness (QED) is 0.456. The third kappa shape index (κ3) is 6.70. The van der Waals surface area contributed by atoms with Gasteiger partial charge in [-0.3, -0.25) is 4.90 Å². The first-order chi connectivity index (χ1) is 14.7. The normalized spacial score (nSPS) is 14.3. The van der Waals surface area contributed by atoms with Crippen LogP contribution in [0.5, 0.6) is 11.5 Å². The molecule has 5 heteroatoms. The molecule has 1 fully saturated rings. The predicted molar refractivity (Wildman–Crippen MR) is 126 cm³/mol. The van der Waals surface area contributed by atoms with E-state index in [2.05, 4.69) is 65.4 Å². The Morgan fingerprint density at radius 2 is 1.77 bits per heavy atom. The van der Waals surface area contributed by atoms with E-state index in [0.717, 1.165) is 62.9 Å². The van der Waals surface area contributed by atoms with Crippen molar-refractivity contribution in [1.82, 2.24) is 4.90 Å². The molecule has 0 unspecified atom stereocenters. The Hall–Kier alpha value is -2.66. The molecule has 1 aliphatic heterocycles. The minimum Gasteiger partial charge on any atom is -0.493 e. The fourth-order valence-corrected chi connectivity index (χ4v) is 3.61. The Bertz CT molecular complexity index is 795. The van der Waals surface area contributed by atoms with Crippen LogP contribution in [0, 0.1) is 0 Å². The summed E-state index contributed by atoms with van der Waals surface area (Å²) in [7, 11) is 1.69. The molecule has 0 saturated carbocycles. The number of allylic oxidation sites excluding steroid dienone is 1. The van der Waals surface area contributed by atoms with Crippen molar-refractivity contribution in [2.75, 3.05) is 63.2 Å². The van der Waals surface area contributed by atoms with Crippen LogP contribution in [0.2, 0.25) is 0 Å². The zero-order valence-electron chi connectivity index (χ0n) is 18.6. The van der Waals surface area contributed by atoms with Gasteiger partial charge in [0.05, 0.1) is 13.7 Å². The third-order valence-corrected chi connectivity index (χ3v) is 5.35. The highest BCUT2D eigenvalue weighted by atomic mass is 16.5. The standard InChI is InChI=1S/C25H35N3O2/c1-21(2)12-13-26-22-10-11-24(25(20-22)29-3)30-19-7-14-27-15-17-28(18-16-27)23-8-5-4-6-9-23/h4-6,8-12,20,26H,7,13-19H2,1-3H3. The molecule has 0 aliphatic carbocycles. The summed E-state index contributed by atoms with van der Waals surface area (Å²) in [5.74, 6) is 1.58. The molecule has 1 heterocycles. The van der Waals surface area contributed by atoms with Crippen molar-refractivity contribution in [1.29, 1.82) is 0 Å². The molecule has 30 heavy (non-hydrogen) atoms. The first kappa shape index (κ1) is 22.0. The number of rotatable bonds is 10. The Labute approximate surface area is 181 Å². The Morgan fingerprint density at radius 3 is 2.47 bits per heavy atom. The number of benzene rings is 2. The number of nitrogens with zero attached hydrogens (tertiary/aromatic N) is 2. The van der Waals surface area contributed by atoms with Gasteiger partial charge in [-0.25, -0.2) is 0 Å². The number of hydrogen-bond acceptors (Lipinski definition) is 5. The van der Waals surface area contributed by atoms with E-state index in [1.807, 2.05) is 18.2 Å². The number of piperazine rings is 1. The van der Waals surface area contributed by atoms with Gasteiger partial charge in [-0.1, -0.05) is 29.8 Å². The number of anilines is 2. The van der Waals surface area contributed by atoms with E-state index < -0.39 is 0 Å². The first-order valence-electron chi connectivity index (χ1n) is 10.9. The summed E-state index contributed by atoms with van der Waals surface area (Å²) >= 11 is 0. The predicted octanol–water partition coefficient (Wildman–Crippen LogP) is 4.66. The molecule has 3 rings (SSSR count). The van der Waals surface area contributed by atoms with Crippen molar-refractivity contribution in [2.45, 2.75) is 20.3 Å². The summed E-state index contributed by atoms with van der Waals surface area (Å²) in [4.78, 5) is 4.99. The summed E-state index contributed by atoms with van der Waals surface area (Å²) < 4.78 is 11.5. The van der Waals surface area contributed by atoms with Crippen LogP contribution in [0.1, 0.15) is 20.3 Å². The zero-order chi connectivity index (χ0) is 21.2. The molecule has 162 valence electrons. The second-order valence-electron chi connectivity index (χ2n) is 7.89. The number of para-hydroxylation sites is 1. The lowest BCUT2D eigenvalue weighted by Gasteiger charge is -2.36. The topological polar surface area (TPSA) is 37.0 Å². The Morgan fingerprint density at radius 1 is 1.00 bits per heavy atom. The molecule has 2 aromatic rings. The van der Waals surface area contributed by atoms with E-state index in [9.17, 15) is 0 Å². The molecule has 2 aromatic carbocycles. The highest BCUT2D eigenvalue weighted by molar-refractivity contribution is 5.55. The minimum atomic E-state index is 0.694. The van der Waals surface area contributed by atoms with Gasteiger partial charge < -0.3 is 19.7 Å². The van der Waals surface area contributed by atoms with Gasteiger partial charge in [-0.2, -0.15) is 0 Å². The van der Waals surface area contributed by atoms with E-state index >= 15 is 0 Å². The van der Waals surface area contributed by atoms with Crippen LogP contribution in [-0.2, 0) is 0 Å². The van der Waals surface area contributed by atoms with E-state index in [1.54, 1.807) is 7.11 Å². The highest BCUT2D eigenvalue weighted by Crippen LogP contribution is 2.30. The maximum atomic E-state index is 6.01. The van der Waals surface area contributed by atoms with Crippen molar-refractivity contribution in [2.24, 2.45) is 0 Å². The van der Waals surface area contributed by atoms with Crippen molar-refractivity contribution in [3.63, 3.8) is 0 Å². The molecule has 0 atom stereocenters. The maximum Gasteiger partial charge on any atom is 0.162 e. The molecule has 0 amide bonds. The van der Waals surface area contributed by atoms with E-state index in [1.165, 1.54) is 11.3 Å². The second kappa shape index (κ2) is 11.5. The van der Waals surface area contributed by atoms with Gasteiger partial charge in [0.15, 0.2) is 11.5 Å². The van der Waals surface area contributed by atoms with Crippen molar-refractivity contribution >= 4 is 11.4 Å². The number of methoxy groups -OCH3 is 1. The summed E-state index contributed by atoms with van der Waals surface area (Å²) in [6, 6.07) is 16.7. The van der Waals surface area contributed by atoms with Crippen LogP contribution < -0.4 is 19.7 Å². The Kier molecular flexibility index (Phi) is 8.45. The van der Waals surface area contributed by atoms with Gasteiger partial charge in [0.2, 0.25) is 0 Å². The number of ether oxygens (including phenoxy) is 2. The molecule has 1 aliphatic rings. The lowest BCUT2D eigenvalue weighted by molar-refractivity contribution is 0.221. The average Bonchev–Trinajstić information content (AvgIpc) is 2.78. The molecule has 0 radical (unpaired) electrons. The van der Waals surface area contributed by atoms with Crippen molar-refractivity contribution < 1.29 is 9.47 Å². The van der Waals surface area contributed by atoms with Crippen LogP contribution in [0.4, 0.5) is 11.4 Å². The van der Waals surface area contributed by atoms with Gasteiger partial charge in [-0.15, -0.1) is 0 Å². The molecule has 0 bridgehead atoms. The summed E-state index contributed by atoms with van der Waals surface area (Å²) in [5.41, 5.74) is 3.66. The summed E-state index contributed by atoms with van der Waals surface area (Å²) in [6.07, 6.45) is 3.17. The largest absolute Gasteiger partial charge is 0.493 e. The van der Waals surface area contributed by atoms with E-state index in [4.69, 9.17) is 9.47 Å². The SMILES string of the molecule is COc1cc(NCC=C(C)C)ccc1OCCCN1CCN(c2ccccc2)CC1. The van der Waals surface area contributed by atoms with Crippen molar-refractivity contribution in [3.05, 3.63) is 60.2 Å². The number of nitrogens with one attached hydrogen (secondary N) is 1. The monoisotopic (exact) mass is 409 g/mol. The lowest BCUT2D eigenvalue weighted by Crippen LogP contribution is -2.46. The maximum absolute atomic E-state index is 6.01. The average molecular weight is 410 g/mol. The lowest BCUT2D eigenvalue weighted by atomic mass is 10.2. The first-order valence-corrected chi connectivity index (χ1v) is 10.9. The van der Waals surface area contributed by atoms with Crippen molar-refractivity contribution in [3.8, 4) is 11.5 Å². The molecule has 1 saturated heterocycles. The molecule has 0 spiro atoms. The third-order valence-electron chi connectivity index (χ3n) is 5.35. The highest BCUT2D eigenvalue weighted by Gasteiger charge is 2.16. The van der Waals surface area contributed by atoms with Crippen LogP contribution in [-0.4, -0.2) is 57.9 Å². The molecule has 5 nitrogen and oxygen atoms in total. The summed E-state index contributed by atoms with van der Waals surface area (Å²) in [6.45, 7) is 11.1. The van der Waals surface area contributed by atoms with Crippen LogP contribution >= 0.6 is 0 Å². The van der Waals surface area contributed by atoms with E-state index in [-0.39, 0.29) is 0 Å². The molecule has 1 N–H and O–H groups in total. The van der Waals surface area contributed by atoms with Gasteiger partial charge in [0.1, 0.15) is 0 Å². The fraction of sp³-hybridized carbons (Fsp3) is 0.440. The van der Waals surface area contributed by atoms with E-state index in [0.29, 0.717) is 6.61 Å². The molecular weight excluding hydrogens is 374 g/mol. The zero-order valence-corrected chi connectivity index (χ0v) is 18.6. The van der Waals surface area contributed by atoms with Gasteiger partial charge in [0.25, 0.3) is 0 Å².